The normalized spacial score (nSPS) is 10.0. The largest absolute Gasteiger partial charge is 0.369 e. The van der Waals surface area contributed by atoms with Crippen LogP contribution >= 0.6 is 0 Å². The van der Waals surface area contributed by atoms with Gasteiger partial charge in [0.2, 0.25) is 0 Å². The summed E-state index contributed by atoms with van der Waals surface area (Å²) < 4.78 is 0. The molecule has 0 saturated heterocycles. The molecule has 1 heterocycles. The third-order valence-electron chi connectivity index (χ3n) is 2.13. The summed E-state index contributed by atoms with van der Waals surface area (Å²) in [5.74, 6) is 0.891. The summed E-state index contributed by atoms with van der Waals surface area (Å²) in [7, 11) is 0. The number of nitrogens with one attached hydrogen (secondary N) is 1. The molecule has 1 aromatic heterocycles. The zero-order valence-corrected chi connectivity index (χ0v) is 9.42. The van der Waals surface area contributed by atoms with Crippen LogP contribution in [0.5, 0.6) is 0 Å². The van der Waals surface area contributed by atoms with Gasteiger partial charge in [-0.3, -0.25) is 4.79 Å². The topological polar surface area (TPSA) is 42.0 Å². The summed E-state index contributed by atoms with van der Waals surface area (Å²) in [5, 5.41) is 3.17. The van der Waals surface area contributed by atoms with Crippen LogP contribution in [0.2, 0.25) is 0 Å². The lowest BCUT2D eigenvalue weighted by molar-refractivity contribution is 0.0982. The Morgan fingerprint density at radius 2 is 2.20 bits per heavy atom. The maximum absolute atomic E-state index is 11.7. The van der Waals surface area contributed by atoms with Gasteiger partial charge in [0, 0.05) is 19.2 Å². The van der Waals surface area contributed by atoms with Crippen molar-refractivity contribution in [3.05, 3.63) is 23.9 Å². The van der Waals surface area contributed by atoms with E-state index in [0.717, 1.165) is 25.2 Å². The van der Waals surface area contributed by atoms with Crippen molar-refractivity contribution in [1.82, 2.24) is 4.98 Å². The van der Waals surface area contributed by atoms with Crippen LogP contribution in [0.15, 0.2) is 18.3 Å². The van der Waals surface area contributed by atoms with Crippen molar-refractivity contribution in [3.63, 3.8) is 0 Å². The van der Waals surface area contributed by atoms with Crippen molar-refractivity contribution in [2.24, 2.45) is 0 Å². The molecule has 0 amide bonds. The van der Waals surface area contributed by atoms with Gasteiger partial charge in [0.25, 0.3) is 0 Å². The zero-order chi connectivity index (χ0) is 11.1. The molecule has 0 radical (unpaired) electrons. The van der Waals surface area contributed by atoms with E-state index >= 15 is 0 Å². The fraction of sp³-hybridized carbons (Fsp3) is 0.500. The van der Waals surface area contributed by atoms with E-state index in [-0.39, 0.29) is 5.78 Å². The van der Waals surface area contributed by atoms with Crippen molar-refractivity contribution in [2.75, 3.05) is 11.9 Å². The lowest BCUT2D eigenvalue weighted by atomic mass is 10.1. The first-order chi connectivity index (χ1) is 7.29. The Hall–Kier alpha value is -1.38. The average molecular weight is 206 g/mol. The number of aromatic nitrogens is 1. The summed E-state index contributed by atoms with van der Waals surface area (Å²) in [4.78, 5) is 15.9. The van der Waals surface area contributed by atoms with Crippen LogP contribution in [0.4, 0.5) is 5.82 Å². The summed E-state index contributed by atoms with van der Waals surface area (Å²) >= 11 is 0. The summed E-state index contributed by atoms with van der Waals surface area (Å²) in [6.07, 6.45) is 4.20. The van der Waals surface area contributed by atoms with Crippen LogP contribution in [0.1, 0.15) is 43.5 Å². The minimum absolute atomic E-state index is 0.171. The molecule has 0 aliphatic heterocycles. The molecule has 0 bridgehead atoms. The molecule has 1 N–H and O–H groups in total. The fourth-order valence-corrected chi connectivity index (χ4v) is 1.38. The van der Waals surface area contributed by atoms with Crippen molar-refractivity contribution in [1.29, 1.82) is 0 Å². The van der Waals surface area contributed by atoms with E-state index in [2.05, 4.69) is 17.2 Å². The van der Waals surface area contributed by atoms with E-state index in [4.69, 9.17) is 0 Å². The van der Waals surface area contributed by atoms with Crippen LogP contribution in [0.3, 0.4) is 0 Å². The maximum atomic E-state index is 11.7. The zero-order valence-electron chi connectivity index (χ0n) is 9.42. The highest BCUT2D eigenvalue weighted by atomic mass is 16.1. The molecule has 0 aliphatic rings. The van der Waals surface area contributed by atoms with Crippen molar-refractivity contribution in [2.45, 2.75) is 33.1 Å². The predicted molar refractivity (Wildman–Crippen MR) is 62.3 cm³/mol. The standard InChI is InChI=1S/C12H18N2O/c1-3-6-11(15)10-7-5-9-14-12(10)13-8-4-2/h5,7,9H,3-4,6,8H2,1-2H3,(H,13,14). The minimum Gasteiger partial charge on any atom is -0.369 e. The Morgan fingerprint density at radius 1 is 1.40 bits per heavy atom. The first-order valence-corrected chi connectivity index (χ1v) is 5.51. The highest BCUT2D eigenvalue weighted by molar-refractivity contribution is 6.00. The van der Waals surface area contributed by atoms with Gasteiger partial charge in [-0.2, -0.15) is 0 Å². The Balaban J connectivity index is 2.80. The van der Waals surface area contributed by atoms with Crippen LogP contribution in [-0.2, 0) is 0 Å². The number of pyridine rings is 1. The monoisotopic (exact) mass is 206 g/mol. The Morgan fingerprint density at radius 3 is 2.87 bits per heavy atom. The number of carbonyl (C=O) groups is 1. The lowest BCUT2D eigenvalue weighted by Crippen LogP contribution is -2.09. The molecular weight excluding hydrogens is 188 g/mol. The van der Waals surface area contributed by atoms with E-state index in [9.17, 15) is 4.79 Å². The van der Waals surface area contributed by atoms with Gasteiger partial charge < -0.3 is 5.32 Å². The Bertz CT molecular complexity index is 323. The third kappa shape index (κ3) is 3.35. The molecule has 0 saturated carbocycles. The van der Waals surface area contributed by atoms with Gasteiger partial charge in [-0.15, -0.1) is 0 Å². The van der Waals surface area contributed by atoms with Crippen LogP contribution in [0.25, 0.3) is 0 Å². The van der Waals surface area contributed by atoms with E-state index in [1.807, 2.05) is 13.0 Å². The van der Waals surface area contributed by atoms with Gasteiger partial charge >= 0.3 is 0 Å². The molecule has 3 heteroatoms. The number of anilines is 1. The smallest absolute Gasteiger partial charge is 0.166 e. The molecule has 15 heavy (non-hydrogen) atoms. The Kier molecular flexibility index (Phi) is 4.81. The van der Waals surface area contributed by atoms with Crippen LogP contribution < -0.4 is 5.32 Å². The fourth-order valence-electron chi connectivity index (χ4n) is 1.38. The van der Waals surface area contributed by atoms with E-state index in [1.54, 1.807) is 12.3 Å². The number of ketones is 1. The van der Waals surface area contributed by atoms with Crippen molar-refractivity contribution in [3.8, 4) is 0 Å². The molecule has 3 nitrogen and oxygen atoms in total. The number of hydrogen-bond acceptors (Lipinski definition) is 3. The molecule has 1 aromatic rings. The number of carbonyl (C=O) groups excluding carboxylic acids is 1. The molecule has 0 atom stereocenters. The van der Waals surface area contributed by atoms with Crippen LogP contribution in [0, 0.1) is 0 Å². The van der Waals surface area contributed by atoms with E-state index < -0.39 is 0 Å². The second-order valence-corrected chi connectivity index (χ2v) is 3.50. The molecule has 1 rings (SSSR count). The third-order valence-corrected chi connectivity index (χ3v) is 2.13. The second kappa shape index (κ2) is 6.17. The van der Waals surface area contributed by atoms with Crippen molar-refractivity contribution >= 4 is 11.6 Å². The highest BCUT2D eigenvalue weighted by Gasteiger charge is 2.10. The van der Waals surface area contributed by atoms with Gasteiger partial charge in [-0.1, -0.05) is 13.8 Å². The summed E-state index contributed by atoms with van der Waals surface area (Å²) in [6, 6.07) is 3.64. The Labute approximate surface area is 90.9 Å². The number of Topliss-reactive ketones (excluding diaryl/α,β-unsaturated/α-hetero) is 1. The molecule has 0 unspecified atom stereocenters. The number of nitrogens with zero attached hydrogens (tertiary/aromatic N) is 1. The molecular formula is C12H18N2O. The molecule has 0 fully saturated rings. The molecule has 0 aromatic carbocycles. The van der Waals surface area contributed by atoms with E-state index in [1.165, 1.54) is 0 Å². The van der Waals surface area contributed by atoms with Crippen LogP contribution in [-0.4, -0.2) is 17.3 Å². The maximum Gasteiger partial charge on any atom is 0.166 e. The van der Waals surface area contributed by atoms with Gasteiger partial charge in [0.05, 0.1) is 5.56 Å². The number of rotatable bonds is 6. The van der Waals surface area contributed by atoms with Gasteiger partial charge in [-0.25, -0.2) is 4.98 Å². The van der Waals surface area contributed by atoms with Crippen molar-refractivity contribution < 1.29 is 4.79 Å². The molecule has 0 spiro atoms. The predicted octanol–water partition coefficient (Wildman–Crippen LogP) is 2.89. The first-order valence-electron chi connectivity index (χ1n) is 5.51. The second-order valence-electron chi connectivity index (χ2n) is 3.50. The quantitative estimate of drug-likeness (QED) is 0.728. The lowest BCUT2D eigenvalue weighted by Gasteiger charge is -2.08. The summed E-state index contributed by atoms with van der Waals surface area (Å²) in [5.41, 5.74) is 0.716. The molecule has 82 valence electrons. The SMILES string of the molecule is CCCNc1ncccc1C(=O)CCC. The highest BCUT2D eigenvalue weighted by Crippen LogP contribution is 2.14. The summed E-state index contributed by atoms with van der Waals surface area (Å²) in [6.45, 7) is 4.94. The first kappa shape index (κ1) is 11.7. The van der Waals surface area contributed by atoms with Gasteiger partial charge in [0.15, 0.2) is 5.78 Å². The average Bonchev–Trinajstić information content (AvgIpc) is 2.27. The minimum atomic E-state index is 0.171. The number of hydrogen-bond donors (Lipinski definition) is 1. The van der Waals surface area contributed by atoms with E-state index in [0.29, 0.717) is 12.0 Å². The van der Waals surface area contributed by atoms with Gasteiger partial charge in [-0.05, 0) is 25.0 Å². The van der Waals surface area contributed by atoms with Gasteiger partial charge in [0.1, 0.15) is 5.82 Å². The molecule has 0 aliphatic carbocycles.